The van der Waals surface area contributed by atoms with E-state index in [9.17, 15) is 4.79 Å². The first kappa shape index (κ1) is 19.1. The summed E-state index contributed by atoms with van der Waals surface area (Å²) < 4.78 is 0. The monoisotopic (exact) mass is 355 g/mol. The van der Waals surface area contributed by atoms with E-state index in [0.717, 1.165) is 32.4 Å². The van der Waals surface area contributed by atoms with Crippen LogP contribution in [0.3, 0.4) is 0 Å². The molecule has 1 aromatic rings. The van der Waals surface area contributed by atoms with Gasteiger partial charge in [-0.1, -0.05) is 48.9 Å². The molecule has 0 unspecified atom stereocenters. The lowest BCUT2D eigenvalue weighted by Gasteiger charge is -2.41. The van der Waals surface area contributed by atoms with Crippen molar-refractivity contribution in [2.45, 2.75) is 64.1 Å². The lowest BCUT2D eigenvalue weighted by molar-refractivity contribution is -0.129. The molecule has 26 heavy (non-hydrogen) atoms. The Morgan fingerprint density at radius 2 is 1.92 bits per heavy atom. The minimum absolute atomic E-state index is 0.232. The molecule has 0 aromatic heterocycles. The first-order chi connectivity index (χ1) is 12.4. The molecule has 2 aliphatic rings. The van der Waals surface area contributed by atoms with Crippen molar-refractivity contribution < 1.29 is 4.79 Å². The van der Waals surface area contributed by atoms with Crippen LogP contribution in [0.5, 0.6) is 0 Å². The molecule has 3 rings (SSSR count). The van der Waals surface area contributed by atoms with Gasteiger partial charge >= 0.3 is 0 Å². The number of amides is 1. The van der Waals surface area contributed by atoms with Crippen molar-refractivity contribution in [1.29, 1.82) is 0 Å². The average Bonchev–Trinajstić information content (AvgIpc) is 3.39. The van der Waals surface area contributed by atoms with Gasteiger partial charge < -0.3 is 11.1 Å². The highest BCUT2D eigenvalue weighted by Crippen LogP contribution is 2.40. The van der Waals surface area contributed by atoms with Crippen LogP contribution in [0, 0.1) is 5.92 Å². The summed E-state index contributed by atoms with van der Waals surface area (Å²) in [6, 6.07) is 11.8. The number of hydrogen-bond donors (Lipinski definition) is 2. The zero-order valence-electron chi connectivity index (χ0n) is 16.4. The smallest absolute Gasteiger partial charge is 0.237 e. The topological polar surface area (TPSA) is 58.4 Å². The molecule has 4 heteroatoms. The fourth-order valence-electron chi connectivity index (χ4n) is 4.09. The molecule has 0 bridgehead atoms. The normalized spacial score (nSPS) is 25.3. The number of nitrogens with two attached hydrogens (primary N) is 1. The summed E-state index contributed by atoms with van der Waals surface area (Å²) in [4.78, 5) is 13.9. The van der Waals surface area contributed by atoms with Crippen molar-refractivity contribution in [3.05, 3.63) is 41.5 Å². The quantitative estimate of drug-likeness (QED) is 0.790. The summed E-state index contributed by atoms with van der Waals surface area (Å²) in [5, 5.41) is 3.86. The van der Waals surface area contributed by atoms with Crippen molar-refractivity contribution in [2.75, 3.05) is 13.1 Å². The Morgan fingerprint density at radius 3 is 2.50 bits per heavy atom. The Morgan fingerprint density at radius 1 is 1.27 bits per heavy atom. The molecule has 3 N–H and O–H groups in total. The van der Waals surface area contributed by atoms with Crippen LogP contribution in [0.1, 0.15) is 52.0 Å². The van der Waals surface area contributed by atoms with E-state index < -0.39 is 5.54 Å². The number of nitrogens with one attached hydrogen (secondary N) is 1. The number of carbonyl (C=O) groups is 1. The van der Waals surface area contributed by atoms with E-state index in [1.807, 2.05) is 13.8 Å². The number of carbonyl (C=O) groups excluding carboxylic acids is 1. The molecule has 1 aliphatic heterocycles. The molecule has 0 spiro atoms. The summed E-state index contributed by atoms with van der Waals surface area (Å²) >= 11 is 0. The maximum Gasteiger partial charge on any atom is 0.237 e. The summed E-state index contributed by atoms with van der Waals surface area (Å²) in [7, 11) is 0. The first-order valence-corrected chi connectivity index (χ1v) is 9.98. The van der Waals surface area contributed by atoms with E-state index >= 15 is 0 Å². The molecule has 4 nitrogen and oxygen atoms in total. The molecule has 142 valence electrons. The van der Waals surface area contributed by atoms with Gasteiger partial charge in [0.1, 0.15) is 0 Å². The van der Waals surface area contributed by atoms with Crippen LogP contribution in [0.25, 0.3) is 6.08 Å². The van der Waals surface area contributed by atoms with E-state index in [1.54, 1.807) is 5.57 Å². The summed E-state index contributed by atoms with van der Waals surface area (Å²) in [6.07, 6.45) is 6.90. The number of nitrogens with zero attached hydrogens (tertiary/aromatic N) is 1. The van der Waals surface area contributed by atoms with Crippen molar-refractivity contribution in [3.63, 3.8) is 0 Å². The maximum absolute atomic E-state index is 11.6. The van der Waals surface area contributed by atoms with Gasteiger partial charge in [0, 0.05) is 25.2 Å². The van der Waals surface area contributed by atoms with E-state index in [0.29, 0.717) is 18.0 Å². The lowest BCUT2D eigenvalue weighted by atomic mass is 9.95. The average molecular weight is 356 g/mol. The Bertz CT molecular complexity index is 645. The van der Waals surface area contributed by atoms with Gasteiger partial charge in [0.2, 0.25) is 5.91 Å². The number of piperidine rings is 1. The highest BCUT2D eigenvalue weighted by molar-refractivity contribution is 5.83. The molecule has 1 amide bonds. The van der Waals surface area contributed by atoms with E-state index in [2.05, 4.69) is 53.5 Å². The van der Waals surface area contributed by atoms with Gasteiger partial charge in [-0.15, -0.1) is 0 Å². The predicted molar refractivity (Wildman–Crippen MR) is 108 cm³/mol. The van der Waals surface area contributed by atoms with Crippen LogP contribution in [0.15, 0.2) is 35.9 Å². The van der Waals surface area contributed by atoms with Gasteiger partial charge in [-0.3, -0.25) is 9.69 Å². The van der Waals surface area contributed by atoms with Crippen LogP contribution in [-0.4, -0.2) is 41.5 Å². The number of rotatable bonds is 7. The van der Waals surface area contributed by atoms with Crippen LogP contribution >= 0.6 is 0 Å². The number of benzene rings is 1. The Kier molecular flexibility index (Phi) is 5.83. The van der Waals surface area contributed by atoms with Gasteiger partial charge in [0.05, 0.1) is 5.54 Å². The van der Waals surface area contributed by atoms with Crippen molar-refractivity contribution in [1.82, 2.24) is 10.2 Å². The zero-order valence-corrected chi connectivity index (χ0v) is 16.4. The zero-order chi connectivity index (χ0) is 18.7. The van der Waals surface area contributed by atoms with Gasteiger partial charge in [-0.05, 0) is 51.0 Å². The van der Waals surface area contributed by atoms with E-state index in [4.69, 9.17) is 5.73 Å². The number of hydrogen-bond acceptors (Lipinski definition) is 3. The second-order valence-corrected chi connectivity index (χ2v) is 8.28. The molecule has 2 fully saturated rings. The molecule has 1 heterocycles. The SMILES string of the molecule is CC/C(=C\c1ccccc1)[C@H]1C[C@@H]1NC1CCN(C(C)(C)C(N)=O)CC1. The van der Waals surface area contributed by atoms with Crippen LogP contribution < -0.4 is 11.1 Å². The lowest BCUT2D eigenvalue weighted by Crippen LogP contribution is -2.57. The van der Waals surface area contributed by atoms with Crippen molar-refractivity contribution >= 4 is 12.0 Å². The molecular formula is C22H33N3O. The maximum atomic E-state index is 11.6. The van der Waals surface area contributed by atoms with E-state index in [1.165, 1.54) is 12.0 Å². The van der Waals surface area contributed by atoms with Gasteiger partial charge in [0.15, 0.2) is 0 Å². The third-order valence-corrected chi connectivity index (χ3v) is 6.16. The highest BCUT2D eigenvalue weighted by atomic mass is 16.1. The van der Waals surface area contributed by atoms with Gasteiger partial charge in [-0.25, -0.2) is 0 Å². The Hall–Kier alpha value is -1.65. The van der Waals surface area contributed by atoms with Crippen LogP contribution in [0.2, 0.25) is 0 Å². The molecule has 0 radical (unpaired) electrons. The van der Waals surface area contributed by atoms with Crippen LogP contribution in [0.4, 0.5) is 0 Å². The molecule has 2 atom stereocenters. The summed E-state index contributed by atoms with van der Waals surface area (Å²) in [6.45, 7) is 8.00. The minimum Gasteiger partial charge on any atom is -0.368 e. The minimum atomic E-state index is -0.541. The van der Waals surface area contributed by atoms with Crippen molar-refractivity contribution in [2.24, 2.45) is 11.7 Å². The van der Waals surface area contributed by atoms with Crippen molar-refractivity contribution in [3.8, 4) is 0 Å². The molecule has 1 aromatic carbocycles. The number of likely N-dealkylation sites (tertiary alicyclic amines) is 1. The summed E-state index contributed by atoms with van der Waals surface area (Å²) in [5.74, 6) is 0.449. The second-order valence-electron chi connectivity index (χ2n) is 8.28. The molecular weight excluding hydrogens is 322 g/mol. The third kappa shape index (κ3) is 4.36. The van der Waals surface area contributed by atoms with Gasteiger partial charge in [0.25, 0.3) is 0 Å². The van der Waals surface area contributed by atoms with Gasteiger partial charge in [-0.2, -0.15) is 0 Å². The fourth-order valence-corrected chi connectivity index (χ4v) is 4.09. The molecule has 1 saturated carbocycles. The van der Waals surface area contributed by atoms with E-state index in [-0.39, 0.29) is 5.91 Å². The Labute approximate surface area is 157 Å². The standard InChI is InChI=1S/C22H33N3O/c1-4-17(14-16-8-6-5-7-9-16)19-15-20(19)24-18-10-12-25(13-11-18)22(2,3)21(23)26/h5-9,14,18-20,24H,4,10-13,15H2,1-3H3,(H2,23,26)/b17-14+/t19-,20+/m1/s1. The molecule has 1 saturated heterocycles. The Balaban J connectivity index is 1.50. The predicted octanol–water partition coefficient (Wildman–Crippen LogP) is 3.19. The number of primary amides is 1. The third-order valence-electron chi connectivity index (χ3n) is 6.16. The molecule has 1 aliphatic carbocycles. The second kappa shape index (κ2) is 7.93. The highest BCUT2D eigenvalue weighted by Gasteiger charge is 2.41. The van der Waals surface area contributed by atoms with Crippen LogP contribution in [-0.2, 0) is 4.79 Å². The summed E-state index contributed by atoms with van der Waals surface area (Å²) in [5.41, 5.74) is 7.87. The first-order valence-electron chi connectivity index (χ1n) is 9.98. The largest absolute Gasteiger partial charge is 0.368 e. The fraction of sp³-hybridized carbons (Fsp3) is 0.591.